The Kier molecular flexibility index (Phi) is 6.15. The van der Waals surface area contributed by atoms with E-state index < -0.39 is 0 Å². The van der Waals surface area contributed by atoms with Crippen LogP contribution in [0.2, 0.25) is 0 Å². The van der Waals surface area contributed by atoms with Crippen LogP contribution in [0, 0.1) is 0 Å². The Bertz CT molecular complexity index is 417. The van der Waals surface area contributed by atoms with Crippen LogP contribution >= 0.6 is 0 Å². The van der Waals surface area contributed by atoms with Gasteiger partial charge >= 0.3 is 0 Å². The van der Waals surface area contributed by atoms with Gasteiger partial charge in [-0.25, -0.2) is 0 Å². The quantitative estimate of drug-likeness (QED) is 0.730. The number of carbonyl (C=O) groups is 1. The Morgan fingerprint density at radius 3 is 2.58 bits per heavy atom. The summed E-state index contributed by atoms with van der Waals surface area (Å²) in [6, 6.07) is 5.07. The highest BCUT2D eigenvalue weighted by atomic mass is 16.5. The summed E-state index contributed by atoms with van der Waals surface area (Å²) >= 11 is 0. The van der Waals surface area contributed by atoms with Gasteiger partial charge in [-0.15, -0.1) is 0 Å². The molecule has 0 fully saturated rings. The number of nitrogens with zero attached hydrogens (tertiary/aromatic N) is 1. The van der Waals surface area contributed by atoms with Crippen molar-refractivity contribution in [2.75, 3.05) is 39.0 Å². The standard InChI is InChI=1S/C14H23N3O2/c1-4-17(5-2)9-8-16-14(18)12-7-6-11(19-3)10-13(12)15/h6-7,10H,4-5,8-9,15H2,1-3H3,(H,16,18). The monoisotopic (exact) mass is 265 g/mol. The van der Waals surface area contributed by atoms with E-state index in [0.29, 0.717) is 23.5 Å². The third-order valence-electron chi connectivity index (χ3n) is 3.11. The van der Waals surface area contributed by atoms with Crippen molar-refractivity contribution < 1.29 is 9.53 Å². The summed E-state index contributed by atoms with van der Waals surface area (Å²) in [6.07, 6.45) is 0. The average Bonchev–Trinajstić information content (AvgIpc) is 2.43. The fourth-order valence-electron chi connectivity index (χ4n) is 1.84. The van der Waals surface area contributed by atoms with Gasteiger partial charge in [-0.1, -0.05) is 13.8 Å². The maximum absolute atomic E-state index is 12.0. The van der Waals surface area contributed by atoms with Crippen LogP contribution < -0.4 is 15.8 Å². The number of hydrogen-bond acceptors (Lipinski definition) is 4. The third-order valence-corrected chi connectivity index (χ3v) is 3.11. The van der Waals surface area contributed by atoms with Gasteiger partial charge in [-0.05, 0) is 25.2 Å². The summed E-state index contributed by atoms with van der Waals surface area (Å²) in [6.45, 7) is 7.63. The van der Waals surface area contributed by atoms with Crippen LogP contribution in [-0.4, -0.2) is 44.1 Å². The summed E-state index contributed by atoms with van der Waals surface area (Å²) in [5.41, 5.74) is 6.75. The highest BCUT2D eigenvalue weighted by Gasteiger charge is 2.10. The van der Waals surface area contributed by atoms with Gasteiger partial charge in [-0.2, -0.15) is 0 Å². The first-order valence-electron chi connectivity index (χ1n) is 6.56. The number of nitrogens with one attached hydrogen (secondary N) is 1. The Morgan fingerprint density at radius 2 is 2.05 bits per heavy atom. The fourth-order valence-corrected chi connectivity index (χ4v) is 1.84. The van der Waals surface area contributed by atoms with Crippen molar-refractivity contribution in [2.24, 2.45) is 0 Å². The second kappa shape index (κ2) is 7.63. The molecule has 0 aliphatic rings. The third kappa shape index (κ3) is 4.44. The largest absolute Gasteiger partial charge is 0.497 e. The number of anilines is 1. The Morgan fingerprint density at radius 1 is 1.37 bits per heavy atom. The first-order valence-corrected chi connectivity index (χ1v) is 6.56. The van der Waals surface area contributed by atoms with Gasteiger partial charge in [0, 0.05) is 24.8 Å². The van der Waals surface area contributed by atoms with Gasteiger partial charge in [0.25, 0.3) is 5.91 Å². The molecule has 19 heavy (non-hydrogen) atoms. The van der Waals surface area contributed by atoms with E-state index >= 15 is 0 Å². The number of amides is 1. The van der Waals surface area contributed by atoms with Crippen molar-refractivity contribution in [1.82, 2.24) is 10.2 Å². The molecule has 0 aliphatic carbocycles. The summed E-state index contributed by atoms with van der Waals surface area (Å²) in [7, 11) is 1.57. The predicted molar refractivity (Wildman–Crippen MR) is 77.5 cm³/mol. The zero-order valence-corrected chi connectivity index (χ0v) is 11.9. The van der Waals surface area contributed by atoms with Crippen molar-refractivity contribution in [2.45, 2.75) is 13.8 Å². The summed E-state index contributed by atoms with van der Waals surface area (Å²) < 4.78 is 5.05. The van der Waals surface area contributed by atoms with E-state index in [9.17, 15) is 4.79 Å². The Labute approximate surface area is 114 Å². The maximum atomic E-state index is 12.0. The molecule has 0 saturated carbocycles. The molecule has 0 radical (unpaired) electrons. The van der Waals surface area contributed by atoms with Crippen molar-refractivity contribution in [3.8, 4) is 5.75 Å². The van der Waals surface area contributed by atoms with Crippen molar-refractivity contribution in [3.05, 3.63) is 23.8 Å². The minimum absolute atomic E-state index is 0.146. The molecule has 5 nitrogen and oxygen atoms in total. The molecule has 0 aromatic heterocycles. The second-order valence-corrected chi connectivity index (χ2v) is 4.24. The normalized spacial score (nSPS) is 10.5. The smallest absolute Gasteiger partial charge is 0.253 e. The molecule has 5 heteroatoms. The molecule has 0 aliphatic heterocycles. The number of rotatable bonds is 7. The lowest BCUT2D eigenvalue weighted by atomic mass is 10.1. The van der Waals surface area contributed by atoms with E-state index in [1.54, 1.807) is 25.3 Å². The van der Waals surface area contributed by atoms with Crippen LogP contribution in [0.25, 0.3) is 0 Å². The van der Waals surface area contributed by atoms with Crippen LogP contribution in [0.15, 0.2) is 18.2 Å². The summed E-state index contributed by atoms with van der Waals surface area (Å²) in [5.74, 6) is 0.504. The van der Waals surface area contributed by atoms with Gasteiger partial charge in [0.15, 0.2) is 0 Å². The number of carbonyl (C=O) groups excluding carboxylic acids is 1. The van der Waals surface area contributed by atoms with Gasteiger partial charge < -0.3 is 20.7 Å². The number of ether oxygens (including phenoxy) is 1. The number of nitrogen functional groups attached to an aromatic ring is 1. The molecular weight excluding hydrogens is 242 g/mol. The number of benzene rings is 1. The molecule has 1 aromatic carbocycles. The van der Waals surface area contributed by atoms with Crippen molar-refractivity contribution in [1.29, 1.82) is 0 Å². The zero-order valence-electron chi connectivity index (χ0n) is 11.9. The number of hydrogen-bond donors (Lipinski definition) is 2. The molecule has 0 spiro atoms. The van der Waals surface area contributed by atoms with Gasteiger partial charge in [0.05, 0.1) is 12.7 Å². The van der Waals surface area contributed by atoms with Crippen LogP contribution in [0.4, 0.5) is 5.69 Å². The number of methoxy groups -OCH3 is 1. The lowest BCUT2D eigenvalue weighted by Gasteiger charge is -2.18. The first kappa shape index (κ1) is 15.3. The van der Waals surface area contributed by atoms with Crippen molar-refractivity contribution >= 4 is 11.6 Å². The maximum Gasteiger partial charge on any atom is 0.253 e. The molecule has 0 unspecified atom stereocenters. The van der Waals surface area contributed by atoms with E-state index in [1.807, 2.05) is 0 Å². The van der Waals surface area contributed by atoms with E-state index in [4.69, 9.17) is 10.5 Å². The fraction of sp³-hybridized carbons (Fsp3) is 0.500. The molecule has 106 valence electrons. The number of nitrogens with two attached hydrogens (primary N) is 1. The van der Waals surface area contributed by atoms with Crippen LogP contribution in [0.1, 0.15) is 24.2 Å². The van der Waals surface area contributed by atoms with Crippen LogP contribution in [-0.2, 0) is 0 Å². The van der Waals surface area contributed by atoms with E-state index in [0.717, 1.165) is 19.6 Å². The minimum atomic E-state index is -0.146. The lowest BCUT2D eigenvalue weighted by Crippen LogP contribution is -2.35. The average molecular weight is 265 g/mol. The highest BCUT2D eigenvalue weighted by molar-refractivity contribution is 5.99. The minimum Gasteiger partial charge on any atom is -0.497 e. The summed E-state index contributed by atoms with van der Waals surface area (Å²) in [4.78, 5) is 14.2. The molecule has 0 atom stereocenters. The number of likely N-dealkylation sites (N-methyl/N-ethyl adjacent to an activating group) is 1. The predicted octanol–water partition coefficient (Wildman–Crippen LogP) is 1.35. The lowest BCUT2D eigenvalue weighted by molar-refractivity contribution is 0.0950. The molecule has 0 heterocycles. The molecule has 0 saturated heterocycles. The summed E-state index contributed by atoms with van der Waals surface area (Å²) in [5, 5.41) is 2.87. The molecular formula is C14H23N3O2. The molecule has 1 aromatic rings. The van der Waals surface area contributed by atoms with E-state index in [-0.39, 0.29) is 5.91 Å². The van der Waals surface area contributed by atoms with E-state index in [1.165, 1.54) is 0 Å². The molecule has 1 amide bonds. The van der Waals surface area contributed by atoms with Crippen molar-refractivity contribution in [3.63, 3.8) is 0 Å². The molecule has 3 N–H and O–H groups in total. The van der Waals surface area contributed by atoms with Gasteiger partial charge in [0.1, 0.15) is 5.75 Å². The zero-order chi connectivity index (χ0) is 14.3. The Hall–Kier alpha value is -1.75. The van der Waals surface area contributed by atoms with Crippen LogP contribution in [0.5, 0.6) is 5.75 Å². The Balaban J connectivity index is 2.54. The van der Waals surface area contributed by atoms with Gasteiger partial charge in [-0.3, -0.25) is 4.79 Å². The van der Waals surface area contributed by atoms with E-state index in [2.05, 4.69) is 24.1 Å². The highest BCUT2D eigenvalue weighted by Crippen LogP contribution is 2.19. The first-order chi connectivity index (χ1) is 9.12. The van der Waals surface area contributed by atoms with Gasteiger partial charge in [0.2, 0.25) is 0 Å². The topological polar surface area (TPSA) is 67.6 Å². The molecule has 1 rings (SSSR count). The SMILES string of the molecule is CCN(CC)CCNC(=O)c1ccc(OC)cc1N. The van der Waals surface area contributed by atoms with Crippen LogP contribution in [0.3, 0.4) is 0 Å². The second-order valence-electron chi connectivity index (χ2n) is 4.24. The molecule has 0 bridgehead atoms.